The van der Waals surface area contributed by atoms with Gasteiger partial charge in [0.1, 0.15) is 11.5 Å². The Bertz CT molecular complexity index is 564. The number of benzene rings is 1. The first-order valence-electron chi connectivity index (χ1n) is 6.53. The van der Waals surface area contributed by atoms with Crippen LogP contribution in [0.4, 0.5) is 0 Å². The molecule has 0 aromatic heterocycles. The van der Waals surface area contributed by atoms with Crippen LogP contribution in [-0.2, 0) is 14.3 Å². The molecule has 0 aliphatic carbocycles. The number of nitrogens with one attached hydrogen (secondary N) is 1. The van der Waals surface area contributed by atoms with Gasteiger partial charge in [-0.3, -0.25) is 4.79 Å². The fraction of sp³-hybridized carbons (Fsp3) is 0.429. The molecular formula is C14H18N2O5. The molecule has 1 aliphatic heterocycles. The van der Waals surface area contributed by atoms with Gasteiger partial charge < -0.3 is 19.7 Å². The molecule has 21 heavy (non-hydrogen) atoms. The van der Waals surface area contributed by atoms with E-state index in [9.17, 15) is 15.0 Å². The summed E-state index contributed by atoms with van der Waals surface area (Å²) in [4.78, 5) is 11.8. The predicted octanol–water partition coefficient (Wildman–Crippen LogP) is 1.09. The van der Waals surface area contributed by atoms with Crippen molar-refractivity contribution >= 4 is 11.6 Å². The number of ether oxygens (including phenoxy) is 2. The molecule has 1 aromatic carbocycles. The van der Waals surface area contributed by atoms with Crippen LogP contribution in [0.5, 0.6) is 11.5 Å². The molecule has 1 aliphatic rings. The predicted molar refractivity (Wildman–Crippen MR) is 75.1 cm³/mol. The van der Waals surface area contributed by atoms with Crippen LogP contribution in [0.3, 0.4) is 0 Å². The second kappa shape index (κ2) is 6.11. The number of nitrogens with zero attached hydrogens (tertiary/aromatic N) is 1. The van der Waals surface area contributed by atoms with Gasteiger partial charge in [-0.1, -0.05) is 0 Å². The number of phenolic OH excluding ortho intramolecular Hbond substituents is 2. The van der Waals surface area contributed by atoms with Gasteiger partial charge in [0.05, 0.1) is 25.3 Å². The average molecular weight is 294 g/mol. The van der Waals surface area contributed by atoms with E-state index >= 15 is 0 Å². The molecule has 0 atom stereocenters. The molecule has 0 saturated carbocycles. The summed E-state index contributed by atoms with van der Waals surface area (Å²) in [7, 11) is 0. The first-order chi connectivity index (χ1) is 9.89. The van der Waals surface area contributed by atoms with Crippen LogP contribution in [0.15, 0.2) is 23.3 Å². The maximum Gasteiger partial charge on any atom is 0.245 e. The lowest BCUT2D eigenvalue weighted by Gasteiger charge is -2.20. The van der Waals surface area contributed by atoms with Gasteiger partial charge >= 0.3 is 0 Å². The molecule has 0 unspecified atom stereocenters. The van der Waals surface area contributed by atoms with Crippen molar-refractivity contribution < 1.29 is 24.5 Å². The van der Waals surface area contributed by atoms with Gasteiger partial charge in [0, 0.05) is 11.6 Å². The summed E-state index contributed by atoms with van der Waals surface area (Å²) in [6.45, 7) is 4.26. The summed E-state index contributed by atoms with van der Waals surface area (Å²) in [5, 5.41) is 22.9. The maximum absolute atomic E-state index is 11.8. The molecular weight excluding hydrogens is 276 g/mol. The Balaban J connectivity index is 1.98. The standard InChI is InChI=1S/C14H18N2O5/c1-9(11-4-3-10(17)7-12(11)18)15-16-13(19)8-14(2)20-5-6-21-14/h3-4,7,17-18H,5-6,8H2,1-2H3,(H,16,19). The van der Waals surface area contributed by atoms with Gasteiger partial charge in [0.2, 0.25) is 5.91 Å². The highest BCUT2D eigenvalue weighted by Crippen LogP contribution is 2.23. The zero-order valence-electron chi connectivity index (χ0n) is 11.9. The summed E-state index contributed by atoms with van der Waals surface area (Å²) in [6, 6.07) is 4.15. The largest absolute Gasteiger partial charge is 0.508 e. The molecule has 0 spiro atoms. The molecule has 7 heteroatoms. The number of carbonyl (C=O) groups excluding carboxylic acids is 1. The first-order valence-corrected chi connectivity index (χ1v) is 6.53. The molecule has 3 N–H and O–H groups in total. The third kappa shape index (κ3) is 3.93. The quantitative estimate of drug-likeness (QED) is 0.570. The van der Waals surface area contributed by atoms with Crippen LogP contribution >= 0.6 is 0 Å². The maximum atomic E-state index is 11.8. The molecule has 0 bridgehead atoms. The number of phenols is 2. The SMILES string of the molecule is CC(=NNC(=O)CC1(C)OCCO1)c1ccc(O)cc1O. The van der Waals surface area contributed by atoms with Crippen LogP contribution in [0.1, 0.15) is 25.8 Å². The van der Waals surface area contributed by atoms with Crippen molar-refractivity contribution in [2.24, 2.45) is 5.10 Å². The third-order valence-corrected chi connectivity index (χ3v) is 3.10. The molecule has 1 heterocycles. The van der Waals surface area contributed by atoms with E-state index in [0.29, 0.717) is 24.5 Å². The topological polar surface area (TPSA) is 100 Å². The zero-order valence-corrected chi connectivity index (χ0v) is 11.9. The number of carbonyl (C=O) groups is 1. The molecule has 7 nitrogen and oxygen atoms in total. The summed E-state index contributed by atoms with van der Waals surface area (Å²) in [5.74, 6) is -1.41. The highest BCUT2D eigenvalue weighted by Gasteiger charge is 2.33. The normalized spacial score (nSPS) is 17.7. The fourth-order valence-electron chi connectivity index (χ4n) is 2.02. The lowest BCUT2D eigenvalue weighted by atomic mass is 10.1. The van der Waals surface area contributed by atoms with Gasteiger partial charge in [0.15, 0.2) is 5.79 Å². The van der Waals surface area contributed by atoms with E-state index < -0.39 is 5.79 Å². The Morgan fingerprint density at radius 3 is 2.67 bits per heavy atom. The molecule has 2 rings (SSSR count). The monoisotopic (exact) mass is 294 g/mol. The number of hydrogen-bond acceptors (Lipinski definition) is 6. The second-order valence-electron chi connectivity index (χ2n) is 4.94. The molecule has 1 fully saturated rings. The highest BCUT2D eigenvalue weighted by atomic mass is 16.7. The van der Waals surface area contributed by atoms with Crippen LogP contribution in [0.25, 0.3) is 0 Å². The summed E-state index contributed by atoms with van der Waals surface area (Å²) >= 11 is 0. The Hall–Kier alpha value is -2.12. The number of amides is 1. The zero-order chi connectivity index (χ0) is 15.5. The van der Waals surface area contributed by atoms with Crippen molar-refractivity contribution in [2.75, 3.05) is 13.2 Å². The van der Waals surface area contributed by atoms with E-state index in [-0.39, 0.29) is 23.8 Å². The van der Waals surface area contributed by atoms with Crippen LogP contribution in [-0.4, -0.2) is 40.8 Å². The van der Waals surface area contributed by atoms with Crippen molar-refractivity contribution in [3.63, 3.8) is 0 Å². The van der Waals surface area contributed by atoms with Gasteiger partial charge in [-0.2, -0.15) is 5.10 Å². The molecule has 1 saturated heterocycles. The summed E-state index contributed by atoms with van der Waals surface area (Å²) in [6.07, 6.45) is 0.0331. The number of rotatable bonds is 4. The minimum atomic E-state index is -0.909. The summed E-state index contributed by atoms with van der Waals surface area (Å²) < 4.78 is 10.7. The van der Waals surface area contributed by atoms with E-state index in [2.05, 4.69) is 10.5 Å². The van der Waals surface area contributed by atoms with Crippen molar-refractivity contribution in [3.8, 4) is 11.5 Å². The molecule has 0 radical (unpaired) electrons. The third-order valence-electron chi connectivity index (χ3n) is 3.10. The lowest BCUT2D eigenvalue weighted by Crippen LogP contribution is -2.33. The van der Waals surface area contributed by atoms with Crippen LogP contribution in [0.2, 0.25) is 0 Å². The van der Waals surface area contributed by atoms with Gasteiger partial charge in [-0.25, -0.2) is 5.43 Å². The smallest absolute Gasteiger partial charge is 0.245 e. The Kier molecular flexibility index (Phi) is 4.44. The lowest BCUT2D eigenvalue weighted by molar-refractivity contribution is -0.159. The van der Waals surface area contributed by atoms with Crippen LogP contribution in [0, 0.1) is 0 Å². The molecule has 1 aromatic rings. The first kappa shape index (κ1) is 15.3. The van der Waals surface area contributed by atoms with E-state index in [1.165, 1.54) is 18.2 Å². The molecule has 114 valence electrons. The van der Waals surface area contributed by atoms with Crippen LogP contribution < -0.4 is 5.43 Å². The van der Waals surface area contributed by atoms with Crippen molar-refractivity contribution in [1.29, 1.82) is 0 Å². The molecule has 1 amide bonds. The van der Waals surface area contributed by atoms with Crippen molar-refractivity contribution in [2.45, 2.75) is 26.1 Å². The van der Waals surface area contributed by atoms with E-state index in [0.717, 1.165) is 0 Å². The number of aromatic hydroxyl groups is 2. The average Bonchev–Trinajstić information content (AvgIpc) is 2.82. The Labute approximate surface area is 122 Å². The van der Waals surface area contributed by atoms with Crippen molar-refractivity contribution in [1.82, 2.24) is 5.43 Å². The summed E-state index contributed by atoms with van der Waals surface area (Å²) in [5.41, 5.74) is 3.23. The Morgan fingerprint density at radius 2 is 2.05 bits per heavy atom. The highest BCUT2D eigenvalue weighted by molar-refractivity contribution is 6.01. The van der Waals surface area contributed by atoms with E-state index in [4.69, 9.17) is 9.47 Å². The minimum Gasteiger partial charge on any atom is -0.508 e. The minimum absolute atomic E-state index is 0.0331. The number of hydrogen-bond donors (Lipinski definition) is 3. The van der Waals surface area contributed by atoms with Gasteiger partial charge in [-0.05, 0) is 26.0 Å². The van der Waals surface area contributed by atoms with Gasteiger partial charge in [-0.15, -0.1) is 0 Å². The second-order valence-corrected chi connectivity index (χ2v) is 4.94. The Morgan fingerprint density at radius 1 is 1.38 bits per heavy atom. The van der Waals surface area contributed by atoms with E-state index in [1.807, 2.05) is 0 Å². The van der Waals surface area contributed by atoms with Crippen molar-refractivity contribution in [3.05, 3.63) is 23.8 Å². The number of hydrazone groups is 1. The van der Waals surface area contributed by atoms with Gasteiger partial charge in [0.25, 0.3) is 0 Å². The van der Waals surface area contributed by atoms with E-state index in [1.54, 1.807) is 13.8 Å². The fourth-order valence-corrected chi connectivity index (χ4v) is 2.02.